The second-order valence-electron chi connectivity index (χ2n) is 10.6. The van der Waals surface area contributed by atoms with E-state index in [0.717, 1.165) is 10.9 Å². The zero-order chi connectivity index (χ0) is 28.5. The fraction of sp³-hybridized carbons (Fsp3) is 0.536. The summed E-state index contributed by atoms with van der Waals surface area (Å²) in [6, 6.07) is 5.19. The van der Waals surface area contributed by atoms with Gasteiger partial charge in [-0.25, -0.2) is 10.2 Å². The highest BCUT2D eigenvalue weighted by molar-refractivity contribution is 5.97. The number of carbonyl (C=O) groups excluding carboxylic acids is 5. The van der Waals surface area contributed by atoms with Gasteiger partial charge in [-0.2, -0.15) is 0 Å². The first kappa shape index (κ1) is 29.8. The van der Waals surface area contributed by atoms with Crippen LogP contribution in [-0.2, 0) is 23.9 Å². The number of ketones is 1. The fourth-order valence-corrected chi connectivity index (χ4v) is 4.48. The number of hydrogen-bond donors (Lipinski definition) is 4. The Morgan fingerprint density at radius 1 is 1.10 bits per heavy atom. The number of amides is 3. The van der Waals surface area contributed by atoms with Crippen LogP contribution in [-0.4, -0.2) is 71.2 Å². The number of aromatic amines is 1. The minimum atomic E-state index is -0.897. The highest BCUT2D eigenvalue weighted by Gasteiger charge is 2.35. The van der Waals surface area contributed by atoms with Gasteiger partial charge in [0.15, 0.2) is 12.4 Å². The topological polar surface area (TPSA) is 150 Å². The molecule has 0 radical (unpaired) electrons. The number of hydrogen-bond acceptors (Lipinski definition) is 7. The lowest BCUT2D eigenvalue weighted by atomic mass is 9.98. The van der Waals surface area contributed by atoms with Gasteiger partial charge >= 0.3 is 5.97 Å². The third kappa shape index (κ3) is 8.38. The van der Waals surface area contributed by atoms with E-state index in [-0.39, 0.29) is 36.6 Å². The van der Waals surface area contributed by atoms with Gasteiger partial charge in [0, 0.05) is 43.0 Å². The maximum Gasteiger partial charge on any atom is 0.338 e. The molecule has 0 unspecified atom stereocenters. The second kappa shape index (κ2) is 13.9. The molecule has 3 amide bonds. The zero-order valence-corrected chi connectivity index (χ0v) is 23.0. The first-order chi connectivity index (χ1) is 18.6. The molecule has 39 heavy (non-hydrogen) atoms. The van der Waals surface area contributed by atoms with Crippen LogP contribution in [0, 0.1) is 11.8 Å². The molecule has 1 aromatic carbocycles. The molecule has 0 saturated carbocycles. The average Bonchev–Trinajstić information content (AvgIpc) is 3.37. The second-order valence-corrected chi connectivity index (χ2v) is 10.6. The van der Waals surface area contributed by atoms with E-state index in [0.29, 0.717) is 31.4 Å². The summed E-state index contributed by atoms with van der Waals surface area (Å²) in [7, 11) is 0. The molecule has 4 N–H and O–H groups in total. The normalized spacial score (nSPS) is 16.3. The molecule has 3 rings (SSSR count). The number of fused-ring (bicyclic) bond motifs is 1. The highest BCUT2D eigenvalue weighted by Crippen LogP contribution is 2.16. The molecule has 11 heteroatoms. The molecular formula is C28H39N5O6. The van der Waals surface area contributed by atoms with Gasteiger partial charge in [-0.3, -0.25) is 24.2 Å². The highest BCUT2D eigenvalue weighted by atomic mass is 16.5. The Morgan fingerprint density at radius 2 is 1.87 bits per heavy atom. The van der Waals surface area contributed by atoms with Crippen molar-refractivity contribution in [3.8, 4) is 0 Å². The molecule has 2 aromatic rings. The number of carbonyl (C=O) groups is 5. The van der Waals surface area contributed by atoms with Crippen LogP contribution in [0.3, 0.4) is 0 Å². The van der Waals surface area contributed by atoms with Crippen LogP contribution in [0.25, 0.3) is 10.9 Å². The molecule has 0 bridgehead atoms. The number of hydrazine groups is 1. The van der Waals surface area contributed by atoms with Crippen LogP contribution in [0.5, 0.6) is 0 Å². The number of nitrogens with one attached hydrogen (secondary N) is 4. The van der Waals surface area contributed by atoms with Gasteiger partial charge in [0.2, 0.25) is 17.7 Å². The number of rotatable bonds is 12. The SMILES string of the molecule is CC(C)CC(=O)NCCC(=O)N1NCCC[C@H]1C(=O)N[C@@H](C(=O)COC(=O)c1ccc2[nH]ccc2c1)C(C)C. The predicted molar refractivity (Wildman–Crippen MR) is 145 cm³/mol. The Kier molecular flexibility index (Phi) is 10.6. The first-order valence-corrected chi connectivity index (χ1v) is 13.5. The number of benzene rings is 1. The van der Waals surface area contributed by atoms with Crippen LogP contribution >= 0.6 is 0 Å². The van der Waals surface area contributed by atoms with Gasteiger partial charge in [-0.1, -0.05) is 27.7 Å². The Morgan fingerprint density at radius 3 is 2.59 bits per heavy atom. The fourth-order valence-electron chi connectivity index (χ4n) is 4.48. The summed E-state index contributed by atoms with van der Waals surface area (Å²) < 4.78 is 5.26. The van der Waals surface area contributed by atoms with Crippen molar-refractivity contribution in [1.29, 1.82) is 0 Å². The molecule has 1 fully saturated rings. The summed E-state index contributed by atoms with van der Waals surface area (Å²) in [4.78, 5) is 66.5. The Balaban J connectivity index is 1.55. The summed E-state index contributed by atoms with van der Waals surface area (Å²) in [5.74, 6) is -2.03. The zero-order valence-electron chi connectivity index (χ0n) is 23.0. The van der Waals surface area contributed by atoms with Gasteiger partial charge in [-0.15, -0.1) is 0 Å². The van der Waals surface area contributed by atoms with Crippen LogP contribution in [0.4, 0.5) is 0 Å². The van der Waals surface area contributed by atoms with Crippen LogP contribution in [0.1, 0.15) is 63.7 Å². The van der Waals surface area contributed by atoms with Gasteiger partial charge in [0.1, 0.15) is 6.04 Å². The van der Waals surface area contributed by atoms with E-state index in [1.807, 2.05) is 19.9 Å². The number of Topliss-reactive ketones (excluding diaryl/α,β-unsaturated/α-hetero) is 1. The van der Waals surface area contributed by atoms with Crippen LogP contribution in [0.15, 0.2) is 30.5 Å². The minimum absolute atomic E-state index is 0.0393. The lowest BCUT2D eigenvalue weighted by Gasteiger charge is -2.36. The molecule has 2 heterocycles. The van der Waals surface area contributed by atoms with E-state index in [1.54, 1.807) is 38.2 Å². The quantitative estimate of drug-likeness (QED) is 0.301. The summed E-state index contributed by atoms with van der Waals surface area (Å²) in [6.45, 7) is 7.66. The number of esters is 1. The van der Waals surface area contributed by atoms with Crippen molar-refractivity contribution in [3.05, 3.63) is 36.0 Å². The summed E-state index contributed by atoms with van der Waals surface area (Å²) >= 11 is 0. The van der Waals surface area contributed by atoms with E-state index in [2.05, 4.69) is 21.0 Å². The minimum Gasteiger partial charge on any atom is -0.454 e. The molecule has 11 nitrogen and oxygen atoms in total. The molecule has 1 saturated heterocycles. The molecule has 1 aliphatic heterocycles. The van der Waals surface area contributed by atoms with Crippen molar-refractivity contribution >= 4 is 40.4 Å². The summed E-state index contributed by atoms with van der Waals surface area (Å²) in [5.41, 5.74) is 4.18. The summed E-state index contributed by atoms with van der Waals surface area (Å²) in [6.07, 6.45) is 3.29. The first-order valence-electron chi connectivity index (χ1n) is 13.5. The van der Waals surface area contributed by atoms with Crippen molar-refractivity contribution < 1.29 is 28.7 Å². The van der Waals surface area contributed by atoms with E-state index >= 15 is 0 Å². The third-order valence-corrected chi connectivity index (χ3v) is 6.52. The smallest absolute Gasteiger partial charge is 0.338 e. The Hall–Kier alpha value is -3.73. The van der Waals surface area contributed by atoms with Crippen molar-refractivity contribution in [3.63, 3.8) is 0 Å². The molecule has 1 aliphatic rings. The molecule has 1 aromatic heterocycles. The van der Waals surface area contributed by atoms with Gasteiger partial charge in [0.25, 0.3) is 0 Å². The van der Waals surface area contributed by atoms with E-state index < -0.39 is 36.4 Å². The average molecular weight is 542 g/mol. The van der Waals surface area contributed by atoms with Crippen molar-refractivity contribution in [2.45, 2.75) is 65.5 Å². The van der Waals surface area contributed by atoms with E-state index in [4.69, 9.17) is 4.74 Å². The van der Waals surface area contributed by atoms with E-state index in [1.165, 1.54) is 5.01 Å². The third-order valence-electron chi connectivity index (χ3n) is 6.52. The number of H-pyrrole nitrogens is 1. The van der Waals surface area contributed by atoms with Gasteiger partial charge < -0.3 is 20.4 Å². The maximum atomic E-state index is 13.2. The van der Waals surface area contributed by atoms with Crippen LogP contribution < -0.4 is 16.1 Å². The molecule has 0 aliphatic carbocycles. The lowest BCUT2D eigenvalue weighted by Crippen LogP contribution is -2.61. The monoisotopic (exact) mass is 541 g/mol. The molecule has 2 atom stereocenters. The van der Waals surface area contributed by atoms with Crippen molar-refractivity contribution in [1.82, 2.24) is 26.1 Å². The summed E-state index contributed by atoms with van der Waals surface area (Å²) in [5, 5.41) is 7.64. The number of aromatic nitrogens is 1. The van der Waals surface area contributed by atoms with E-state index in [9.17, 15) is 24.0 Å². The number of ether oxygens (including phenoxy) is 1. The molecular weight excluding hydrogens is 502 g/mol. The number of nitrogens with zero attached hydrogens (tertiary/aromatic N) is 1. The van der Waals surface area contributed by atoms with Gasteiger partial charge in [-0.05, 0) is 48.9 Å². The standard InChI is InChI=1S/C28H39N5O6/c1-17(2)14-24(35)30-13-10-25(36)33-22(6-5-11-31-33)27(37)32-26(18(3)4)23(34)16-39-28(38)20-7-8-21-19(15-20)9-12-29-21/h7-9,12,15,17-18,22,26,29,31H,5-6,10-11,13-14,16H2,1-4H3,(H,30,35)(H,32,37)/t22-,26+/m0/s1. The maximum absolute atomic E-state index is 13.2. The lowest BCUT2D eigenvalue weighted by molar-refractivity contribution is -0.147. The van der Waals surface area contributed by atoms with Crippen molar-refractivity contribution in [2.24, 2.45) is 11.8 Å². The van der Waals surface area contributed by atoms with Gasteiger partial charge in [0.05, 0.1) is 11.6 Å². The molecule has 0 spiro atoms. The largest absolute Gasteiger partial charge is 0.454 e. The van der Waals surface area contributed by atoms with Crippen molar-refractivity contribution in [2.75, 3.05) is 19.7 Å². The molecule has 212 valence electrons. The Labute approximate surface area is 228 Å². The Bertz CT molecular complexity index is 1190. The van der Waals surface area contributed by atoms with Crippen LogP contribution in [0.2, 0.25) is 0 Å². The predicted octanol–water partition coefficient (Wildman–Crippen LogP) is 2.08.